The van der Waals surface area contributed by atoms with E-state index < -0.39 is 11.0 Å². The van der Waals surface area contributed by atoms with Crippen molar-refractivity contribution < 1.29 is 8.95 Å². The highest BCUT2D eigenvalue weighted by atomic mass is 32.2. The summed E-state index contributed by atoms with van der Waals surface area (Å²) >= 11 is 0. The van der Waals surface area contributed by atoms with E-state index >= 15 is 0 Å². The number of hydrogen-bond donors (Lipinski definition) is 1. The van der Waals surface area contributed by atoms with Crippen molar-refractivity contribution in [1.29, 1.82) is 0 Å². The molecule has 0 spiro atoms. The Balaban J connectivity index is 0.00000158. The maximum absolute atomic E-state index is 11.7. The summed E-state index contributed by atoms with van der Waals surface area (Å²) in [5.74, 6) is 0.947. The van der Waals surface area contributed by atoms with Crippen LogP contribution in [0.1, 0.15) is 48.5 Å². The number of ether oxygens (including phenoxy) is 1. The molecule has 4 heterocycles. The first-order valence-corrected chi connectivity index (χ1v) is 12.5. The van der Waals surface area contributed by atoms with Crippen LogP contribution in [0.15, 0.2) is 79.4 Å². The molecule has 0 aliphatic rings. The zero-order chi connectivity index (χ0) is 24.3. The van der Waals surface area contributed by atoms with Crippen molar-refractivity contribution in [2.45, 2.75) is 25.7 Å². The van der Waals surface area contributed by atoms with E-state index in [4.69, 9.17) is 14.7 Å². The summed E-state index contributed by atoms with van der Waals surface area (Å²) in [6.45, 7) is 4.00. The van der Waals surface area contributed by atoms with E-state index in [0.717, 1.165) is 17.0 Å². The second-order valence-electron chi connectivity index (χ2n) is 6.96. The smallest absolute Gasteiger partial charge is 0.213 e. The van der Waals surface area contributed by atoms with Gasteiger partial charge in [-0.2, -0.15) is 0 Å². The van der Waals surface area contributed by atoms with Crippen LogP contribution in [0, 0.1) is 0 Å². The van der Waals surface area contributed by atoms with Crippen LogP contribution in [0.4, 0.5) is 5.82 Å². The summed E-state index contributed by atoms with van der Waals surface area (Å²) in [4.78, 5) is 22.9. The molecule has 4 aromatic rings. The van der Waals surface area contributed by atoms with Crippen LogP contribution in [0.5, 0.6) is 5.88 Å². The first kappa shape index (κ1) is 24.9. The molecule has 9 heteroatoms. The number of nitrogens with one attached hydrogen (secondary N) is 1. The third kappa shape index (κ3) is 6.20. The van der Waals surface area contributed by atoms with E-state index in [1.165, 1.54) is 0 Å². The van der Waals surface area contributed by atoms with Gasteiger partial charge in [-0.1, -0.05) is 32.0 Å². The Hall–Kier alpha value is -3.72. The van der Waals surface area contributed by atoms with Crippen molar-refractivity contribution in [3.05, 3.63) is 102 Å². The Kier molecular flexibility index (Phi) is 9.16. The largest absolute Gasteiger partial charge is 0.481 e. The molecule has 0 aromatic carbocycles. The maximum atomic E-state index is 11.7. The Morgan fingerprint density at radius 3 is 2.21 bits per heavy atom. The van der Waals surface area contributed by atoms with Crippen LogP contribution in [0.25, 0.3) is 0 Å². The molecule has 8 nitrogen and oxygen atoms in total. The minimum Gasteiger partial charge on any atom is -0.481 e. The Labute approximate surface area is 202 Å². The van der Waals surface area contributed by atoms with Crippen molar-refractivity contribution >= 4 is 16.8 Å². The van der Waals surface area contributed by atoms with E-state index in [-0.39, 0.29) is 11.8 Å². The molecule has 3 unspecified atom stereocenters. The van der Waals surface area contributed by atoms with Crippen molar-refractivity contribution in [3.8, 4) is 5.88 Å². The zero-order valence-electron chi connectivity index (χ0n) is 19.6. The van der Waals surface area contributed by atoms with Gasteiger partial charge in [0.25, 0.3) is 0 Å². The molecule has 0 aliphatic heterocycles. The van der Waals surface area contributed by atoms with Crippen LogP contribution < -0.4 is 9.46 Å². The first-order valence-electron chi connectivity index (χ1n) is 10.9. The molecule has 1 N–H and O–H groups in total. The Morgan fingerprint density at radius 1 is 0.853 bits per heavy atom. The van der Waals surface area contributed by atoms with Gasteiger partial charge in [0.2, 0.25) is 5.88 Å². The fourth-order valence-electron chi connectivity index (χ4n) is 3.56. The highest BCUT2D eigenvalue weighted by molar-refractivity contribution is 7.85. The molecule has 0 saturated heterocycles. The van der Waals surface area contributed by atoms with Gasteiger partial charge in [0, 0.05) is 37.1 Å². The number of hydrogen-bond acceptors (Lipinski definition) is 7. The molecule has 3 atom stereocenters. The minimum absolute atomic E-state index is 0.320. The van der Waals surface area contributed by atoms with Gasteiger partial charge in [-0.25, -0.2) is 24.1 Å². The third-order valence-electron chi connectivity index (χ3n) is 4.85. The number of aromatic nitrogens is 5. The molecule has 0 bridgehead atoms. The minimum atomic E-state index is -1.25. The standard InChI is InChI=1S/C23H22N6O2S.C2H6/c1-31-20-11-4-9-18(28-20)22(17-8-3-10-19(27-17)29-32(2)30)21(16-7-5-12-24-15-16)23-25-13-6-14-26-23;1-2/h3-15,21-22H,1-2H3,(H,27,29);1-2H3. The predicted molar refractivity (Wildman–Crippen MR) is 134 cm³/mol. The highest BCUT2D eigenvalue weighted by Crippen LogP contribution is 2.40. The molecular weight excluding hydrogens is 448 g/mol. The molecule has 0 fully saturated rings. The average molecular weight is 477 g/mol. The molecule has 0 amide bonds. The summed E-state index contributed by atoms with van der Waals surface area (Å²) in [7, 11) is 0.330. The quantitative estimate of drug-likeness (QED) is 0.403. The van der Waals surface area contributed by atoms with Gasteiger partial charge in [-0.3, -0.25) is 9.71 Å². The number of rotatable bonds is 8. The molecule has 176 valence electrons. The zero-order valence-corrected chi connectivity index (χ0v) is 20.4. The number of methoxy groups -OCH3 is 1. The van der Waals surface area contributed by atoms with Crippen LogP contribution in [-0.4, -0.2) is 42.5 Å². The van der Waals surface area contributed by atoms with E-state index in [1.807, 2.05) is 50.2 Å². The number of anilines is 1. The van der Waals surface area contributed by atoms with Crippen molar-refractivity contribution in [2.24, 2.45) is 0 Å². The summed E-state index contributed by atoms with van der Waals surface area (Å²) in [5, 5.41) is 0. The molecule has 0 radical (unpaired) electrons. The topological polar surface area (TPSA) is 103 Å². The van der Waals surface area contributed by atoms with Gasteiger partial charge >= 0.3 is 0 Å². The van der Waals surface area contributed by atoms with Crippen molar-refractivity contribution in [1.82, 2.24) is 24.9 Å². The van der Waals surface area contributed by atoms with Gasteiger partial charge in [0.1, 0.15) is 22.6 Å². The van der Waals surface area contributed by atoms with Gasteiger partial charge in [-0.15, -0.1) is 0 Å². The first-order chi connectivity index (χ1) is 16.7. The SMILES string of the molecule is CC.COc1cccc(C(c2cccc(NS(C)=O)n2)C(c2cccnc2)c2ncccn2)n1. The normalized spacial score (nSPS) is 13.1. The summed E-state index contributed by atoms with van der Waals surface area (Å²) in [5.41, 5.74) is 2.39. The lowest BCUT2D eigenvalue weighted by Gasteiger charge is -2.26. The molecule has 4 aromatic heterocycles. The summed E-state index contributed by atoms with van der Waals surface area (Å²) in [6.07, 6.45) is 8.52. The second-order valence-corrected chi connectivity index (χ2v) is 8.07. The third-order valence-corrected chi connectivity index (χ3v) is 5.35. The van der Waals surface area contributed by atoms with Crippen LogP contribution in [-0.2, 0) is 11.0 Å². The Morgan fingerprint density at radius 2 is 1.56 bits per heavy atom. The number of nitrogens with zero attached hydrogens (tertiary/aromatic N) is 5. The van der Waals surface area contributed by atoms with E-state index in [2.05, 4.69) is 19.7 Å². The maximum Gasteiger partial charge on any atom is 0.213 e. The monoisotopic (exact) mass is 476 g/mol. The molecular formula is C25H28N6O2S. The fraction of sp³-hybridized carbons (Fsp3) is 0.240. The van der Waals surface area contributed by atoms with E-state index in [9.17, 15) is 4.21 Å². The average Bonchev–Trinajstić information content (AvgIpc) is 2.89. The van der Waals surface area contributed by atoms with E-state index in [0.29, 0.717) is 17.5 Å². The van der Waals surface area contributed by atoms with Gasteiger partial charge in [0.15, 0.2) is 0 Å². The van der Waals surface area contributed by atoms with Crippen LogP contribution in [0.3, 0.4) is 0 Å². The second kappa shape index (κ2) is 12.5. The van der Waals surface area contributed by atoms with Gasteiger partial charge < -0.3 is 4.74 Å². The summed E-state index contributed by atoms with van der Waals surface area (Å²) in [6, 6.07) is 16.8. The van der Waals surface area contributed by atoms with Crippen molar-refractivity contribution in [3.63, 3.8) is 0 Å². The van der Waals surface area contributed by atoms with Gasteiger partial charge in [-0.05, 0) is 35.9 Å². The molecule has 4 rings (SSSR count). The fourth-order valence-corrected chi connectivity index (χ4v) is 3.97. The number of pyridine rings is 3. The summed E-state index contributed by atoms with van der Waals surface area (Å²) < 4.78 is 20.0. The lowest BCUT2D eigenvalue weighted by Crippen LogP contribution is -2.20. The Bertz CT molecular complexity index is 1150. The van der Waals surface area contributed by atoms with Crippen LogP contribution >= 0.6 is 0 Å². The van der Waals surface area contributed by atoms with E-state index in [1.54, 1.807) is 56.4 Å². The lowest BCUT2D eigenvalue weighted by atomic mass is 9.81. The van der Waals surface area contributed by atoms with Crippen LogP contribution in [0.2, 0.25) is 0 Å². The predicted octanol–water partition coefficient (Wildman–Crippen LogP) is 4.37. The highest BCUT2D eigenvalue weighted by Gasteiger charge is 2.33. The van der Waals surface area contributed by atoms with Gasteiger partial charge in [0.05, 0.1) is 30.3 Å². The molecule has 0 saturated carbocycles. The van der Waals surface area contributed by atoms with Crippen molar-refractivity contribution in [2.75, 3.05) is 18.1 Å². The molecule has 34 heavy (non-hydrogen) atoms. The lowest BCUT2D eigenvalue weighted by molar-refractivity contribution is 0.394. The molecule has 0 aliphatic carbocycles.